The Balaban J connectivity index is 3.28. The Morgan fingerprint density at radius 3 is 2.82 bits per heavy atom. The van der Waals surface area contributed by atoms with E-state index < -0.39 is 5.97 Å². The molecule has 4 N–H and O–H groups in total. The van der Waals surface area contributed by atoms with Gasteiger partial charge in [0.2, 0.25) is 0 Å². The zero-order valence-corrected chi connectivity index (χ0v) is 10.5. The molecule has 0 aliphatic heterocycles. The van der Waals surface area contributed by atoms with Crippen molar-refractivity contribution in [2.45, 2.75) is 17.7 Å². The fraction of sp³-hybridized carbons (Fsp3) is 0.250. The van der Waals surface area contributed by atoms with Crippen LogP contribution in [-0.2, 0) is 11.2 Å². The summed E-state index contributed by atoms with van der Waals surface area (Å²) in [6.45, 7) is 3.66. The predicted molar refractivity (Wildman–Crippen MR) is 71.1 cm³/mol. The maximum absolute atomic E-state index is 10.6. The van der Waals surface area contributed by atoms with E-state index in [0.29, 0.717) is 6.42 Å². The van der Waals surface area contributed by atoms with E-state index in [1.165, 1.54) is 6.20 Å². The lowest BCUT2D eigenvalue weighted by Gasteiger charge is -1.98. The van der Waals surface area contributed by atoms with Gasteiger partial charge < -0.3 is 15.8 Å². The number of allylic oxidation sites excluding steroid dienone is 1. The van der Waals surface area contributed by atoms with Gasteiger partial charge in [0.25, 0.3) is 0 Å². The lowest BCUT2D eigenvalue weighted by Crippen LogP contribution is -2.24. The van der Waals surface area contributed by atoms with Gasteiger partial charge >= 0.3 is 5.97 Å². The highest BCUT2D eigenvalue weighted by Gasteiger charge is 2.09. The Kier molecular flexibility index (Phi) is 4.90. The molecule has 0 saturated carbocycles. The fourth-order valence-electron chi connectivity index (χ4n) is 1.63. The predicted octanol–water partition coefficient (Wildman–Crippen LogP) is 0.417. The minimum Gasteiger partial charge on any atom is -0.481 e. The van der Waals surface area contributed by atoms with Crippen molar-refractivity contribution in [1.82, 2.24) is 4.98 Å². The van der Waals surface area contributed by atoms with Crippen molar-refractivity contribution in [3.63, 3.8) is 0 Å². The molecule has 0 aliphatic carbocycles. The third-order valence-electron chi connectivity index (χ3n) is 2.34. The Hall–Kier alpha value is -1.62. The zero-order chi connectivity index (χ0) is 12.8. The van der Waals surface area contributed by atoms with Crippen molar-refractivity contribution < 1.29 is 9.90 Å². The standard InChI is InChI=1S/C12H16N2O2S/c1-3-4-8-10(7-13)14-9(12(8)17-2)5-6-11(15)16/h3-4,7,14H,1,5-6,13H2,2H3,(H,15,16)/b8-4+,10-7+. The van der Waals surface area contributed by atoms with E-state index in [0.717, 1.165) is 21.2 Å². The monoisotopic (exact) mass is 252 g/mol. The van der Waals surface area contributed by atoms with Gasteiger partial charge in [-0.05, 0) is 12.7 Å². The minimum atomic E-state index is -0.806. The third-order valence-corrected chi connectivity index (χ3v) is 3.21. The number of H-pyrrole nitrogens is 1. The molecule has 1 heterocycles. The molecule has 0 aliphatic rings. The van der Waals surface area contributed by atoms with Crippen LogP contribution in [0.15, 0.2) is 17.6 Å². The molecule has 92 valence electrons. The number of nitrogens with two attached hydrogens (primary N) is 1. The second-order valence-electron chi connectivity index (χ2n) is 3.43. The van der Waals surface area contributed by atoms with Crippen LogP contribution >= 0.6 is 11.8 Å². The summed E-state index contributed by atoms with van der Waals surface area (Å²) in [7, 11) is 0. The number of rotatable bonds is 5. The van der Waals surface area contributed by atoms with Gasteiger partial charge in [-0.2, -0.15) is 0 Å². The smallest absolute Gasteiger partial charge is 0.303 e. The molecule has 0 aromatic carbocycles. The largest absolute Gasteiger partial charge is 0.481 e. The van der Waals surface area contributed by atoms with Crippen LogP contribution in [0.5, 0.6) is 0 Å². The number of nitrogens with one attached hydrogen (secondary N) is 1. The number of hydrogen-bond donors (Lipinski definition) is 3. The molecule has 0 saturated heterocycles. The van der Waals surface area contributed by atoms with Crippen LogP contribution in [-0.4, -0.2) is 22.3 Å². The maximum atomic E-state index is 10.6. The van der Waals surface area contributed by atoms with Gasteiger partial charge in [0, 0.05) is 22.0 Å². The fourth-order valence-corrected chi connectivity index (χ4v) is 2.42. The first-order valence-electron chi connectivity index (χ1n) is 5.15. The summed E-state index contributed by atoms with van der Waals surface area (Å²) >= 11 is 1.57. The van der Waals surface area contributed by atoms with Crippen LogP contribution in [0.1, 0.15) is 12.1 Å². The Morgan fingerprint density at radius 1 is 1.65 bits per heavy atom. The van der Waals surface area contributed by atoms with Crippen molar-refractivity contribution in [1.29, 1.82) is 0 Å². The van der Waals surface area contributed by atoms with Gasteiger partial charge in [0.05, 0.1) is 11.8 Å². The second kappa shape index (κ2) is 6.20. The van der Waals surface area contributed by atoms with Gasteiger partial charge in [-0.1, -0.05) is 18.7 Å². The summed E-state index contributed by atoms with van der Waals surface area (Å²) in [4.78, 5) is 14.8. The molecule has 4 nitrogen and oxygen atoms in total. The van der Waals surface area contributed by atoms with Gasteiger partial charge in [-0.25, -0.2) is 0 Å². The lowest BCUT2D eigenvalue weighted by atomic mass is 10.2. The SMILES string of the molecule is C=C/C=c1/c(SC)c(CCC(=O)O)[nH]/c1=C/N. The average molecular weight is 252 g/mol. The number of aromatic amines is 1. The number of aryl methyl sites for hydroxylation is 1. The van der Waals surface area contributed by atoms with E-state index in [1.807, 2.05) is 12.3 Å². The number of hydrogen-bond acceptors (Lipinski definition) is 3. The molecule has 0 atom stereocenters. The third kappa shape index (κ3) is 3.17. The number of carboxylic acids is 1. The second-order valence-corrected chi connectivity index (χ2v) is 4.24. The van der Waals surface area contributed by atoms with Crippen molar-refractivity contribution in [2.24, 2.45) is 5.73 Å². The number of aliphatic carboxylic acids is 1. The molecule has 0 unspecified atom stereocenters. The molecule has 5 heteroatoms. The molecule has 1 rings (SSSR count). The number of thioether (sulfide) groups is 1. The average Bonchev–Trinajstić information content (AvgIpc) is 2.64. The molecule has 0 radical (unpaired) electrons. The van der Waals surface area contributed by atoms with E-state index in [-0.39, 0.29) is 6.42 Å². The molecular weight excluding hydrogens is 236 g/mol. The van der Waals surface area contributed by atoms with Crippen molar-refractivity contribution >= 4 is 30.0 Å². The number of carboxylic acid groups (broad SMARTS) is 1. The highest BCUT2D eigenvalue weighted by molar-refractivity contribution is 7.98. The number of carbonyl (C=O) groups is 1. The Morgan fingerprint density at radius 2 is 2.35 bits per heavy atom. The van der Waals surface area contributed by atoms with Crippen LogP contribution in [0.25, 0.3) is 12.3 Å². The van der Waals surface area contributed by atoms with Crippen molar-refractivity contribution in [3.8, 4) is 0 Å². The van der Waals surface area contributed by atoms with Crippen molar-refractivity contribution in [2.75, 3.05) is 6.26 Å². The van der Waals surface area contributed by atoms with Gasteiger partial charge in [0.1, 0.15) is 0 Å². The van der Waals surface area contributed by atoms with E-state index >= 15 is 0 Å². The number of aromatic nitrogens is 1. The van der Waals surface area contributed by atoms with E-state index in [1.54, 1.807) is 17.8 Å². The van der Waals surface area contributed by atoms with Crippen LogP contribution in [0, 0.1) is 0 Å². The normalized spacial score (nSPS) is 13.0. The maximum Gasteiger partial charge on any atom is 0.303 e. The highest BCUT2D eigenvalue weighted by Crippen LogP contribution is 2.14. The molecule has 17 heavy (non-hydrogen) atoms. The highest BCUT2D eigenvalue weighted by atomic mass is 32.2. The van der Waals surface area contributed by atoms with Gasteiger partial charge in [0.15, 0.2) is 0 Å². The topological polar surface area (TPSA) is 79.1 Å². The molecule has 0 amide bonds. The summed E-state index contributed by atoms with van der Waals surface area (Å²) in [5.41, 5.74) is 6.44. The summed E-state index contributed by atoms with van der Waals surface area (Å²) in [5, 5.41) is 10.5. The van der Waals surface area contributed by atoms with E-state index in [4.69, 9.17) is 10.8 Å². The summed E-state index contributed by atoms with van der Waals surface area (Å²) in [5.74, 6) is -0.806. The minimum absolute atomic E-state index is 0.103. The molecule has 0 fully saturated rings. The zero-order valence-electron chi connectivity index (χ0n) is 9.69. The Labute approximate surface area is 104 Å². The molecule has 1 aromatic heterocycles. The van der Waals surface area contributed by atoms with E-state index in [9.17, 15) is 4.79 Å². The molecule has 0 bridgehead atoms. The first-order valence-corrected chi connectivity index (χ1v) is 6.37. The summed E-state index contributed by atoms with van der Waals surface area (Å²) < 4.78 is 0. The quantitative estimate of drug-likeness (QED) is 0.663. The van der Waals surface area contributed by atoms with Gasteiger partial charge in [-0.3, -0.25) is 4.79 Å². The van der Waals surface area contributed by atoms with Crippen molar-refractivity contribution in [3.05, 3.63) is 28.9 Å². The van der Waals surface area contributed by atoms with Gasteiger partial charge in [-0.15, -0.1) is 11.8 Å². The lowest BCUT2D eigenvalue weighted by molar-refractivity contribution is -0.136. The first kappa shape index (κ1) is 13.4. The van der Waals surface area contributed by atoms with Crippen LogP contribution < -0.4 is 16.3 Å². The van der Waals surface area contributed by atoms with Crippen LogP contribution in [0.4, 0.5) is 0 Å². The molecule has 0 spiro atoms. The molecule has 1 aromatic rings. The Bertz CT molecular complexity index is 531. The van der Waals surface area contributed by atoms with Crippen LogP contribution in [0.2, 0.25) is 0 Å². The first-order chi connectivity index (χ1) is 8.13. The van der Waals surface area contributed by atoms with E-state index in [2.05, 4.69) is 11.6 Å². The van der Waals surface area contributed by atoms with Crippen LogP contribution in [0.3, 0.4) is 0 Å². The summed E-state index contributed by atoms with van der Waals surface area (Å²) in [6.07, 6.45) is 7.57. The molecular formula is C12H16N2O2S. The summed E-state index contributed by atoms with van der Waals surface area (Å²) in [6, 6.07) is 0.